The highest BCUT2D eigenvalue weighted by Crippen LogP contribution is 1.98. The zero-order valence-corrected chi connectivity index (χ0v) is 9.52. The molecule has 1 N–H and O–H groups in total. The van der Waals surface area contributed by atoms with Gasteiger partial charge in [0.25, 0.3) is 0 Å². The lowest BCUT2D eigenvalue weighted by Crippen LogP contribution is -2.00. The number of hydrogen-bond acceptors (Lipinski definition) is 4. The molecule has 18 heavy (non-hydrogen) atoms. The van der Waals surface area contributed by atoms with E-state index in [0.717, 1.165) is 11.8 Å². The molecule has 0 amide bonds. The quantitative estimate of drug-likeness (QED) is 0.501. The van der Waals surface area contributed by atoms with E-state index in [1.54, 1.807) is 42.5 Å². The van der Waals surface area contributed by atoms with Gasteiger partial charge >= 0.3 is 5.97 Å². The van der Waals surface area contributed by atoms with Crippen LogP contribution in [0.4, 0.5) is 0 Å². The van der Waals surface area contributed by atoms with Gasteiger partial charge in [-0.2, -0.15) is 5.26 Å². The van der Waals surface area contributed by atoms with E-state index in [1.807, 2.05) is 18.2 Å². The zero-order valence-electron chi connectivity index (χ0n) is 9.52. The van der Waals surface area contributed by atoms with Crippen LogP contribution in [0.25, 0.3) is 0 Å². The van der Waals surface area contributed by atoms with Gasteiger partial charge in [0.1, 0.15) is 6.29 Å². The average Bonchev–Trinajstić information content (AvgIpc) is 2.49. The molecule has 0 saturated heterocycles. The maximum Gasteiger partial charge on any atom is 0.372 e. The van der Waals surface area contributed by atoms with E-state index in [4.69, 9.17) is 5.26 Å². The summed E-state index contributed by atoms with van der Waals surface area (Å²) in [5.74, 6) is -0.736. The normalized spacial score (nSPS) is 8.72. The van der Waals surface area contributed by atoms with Gasteiger partial charge in [0.05, 0.1) is 5.56 Å². The molecular weight excluding hydrogens is 232 g/mol. The summed E-state index contributed by atoms with van der Waals surface area (Å²) < 4.78 is 0. The molecule has 4 heteroatoms. The van der Waals surface area contributed by atoms with Gasteiger partial charge in [-0.3, -0.25) is 9.68 Å². The highest BCUT2D eigenvalue weighted by molar-refractivity contribution is 5.88. The summed E-state index contributed by atoms with van der Waals surface area (Å²) in [6.07, 6.45) is 0.833. The molecule has 0 aliphatic rings. The highest BCUT2D eigenvalue weighted by atomic mass is 17.1. The molecular formula is C14H12O4. The van der Waals surface area contributed by atoms with Crippen molar-refractivity contribution in [3.8, 4) is 0 Å². The Labute approximate surface area is 104 Å². The van der Waals surface area contributed by atoms with Crippen molar-refractivity contribution in [3.63, 3.8) is 0 Å². The van der Waals surface area contributed by atoms with Crippen molar-refractivity contribution in [2.45, 2.75) is 0 Å². The van der Waals surface area contributed by atoms with Crippen molar-refractivity contribution in [1.29, 1.82) is 0 Å². The van der Waals surface area contributed by atoms with Crippen LogP contribution < -0.4 is 0 Å². The number of carbonyl (C=O) groups is 2. The molecule has 0 unspecified atom stereocenters. The van der Waals surface area contributed by atoms with Crippen molar-refractivity contribution < 1.29 is 19.7 Å². The van der Waals surface area contributed by atoms with Crippen molar-refractivity contribution in [2.75, 3.05) is 0 Å². The van der Waals surface area contributed by atoms with E-state index in [0.29, 0.717) is 5.56 Å². The maximum atomic E-state index is 10.5. The first-order valence-corrected chi connectivity index (χ1v) is 5.19. The molecule has 0 heterocycles. The number of rotatable bonds is 2. The molecule has 4 nitrogen and oxygen atoms in total. The molecule has 0 aliphatic heterocycles. The highest BCUT2D eigenvalue weighted by Gasteiger charge is 2.02. The smallest absolute Gasteiger partial charge is 0.298 e. The molecule has 0 aromatic heterocycles. The minimum atomic E-state index is -0.736. The van der Waals surface area contributed by atoms with Gasteiger partial charge in [-0.25, -0.2) is 4.79 Å². The number of aldehydes is 1. The first-order valence-electron chi connectivity index (χ1n) is 5.19. The van der Waals surface area contributed by atoms with Crippen molar-refractivity contribution in [1.82, 2.24) is 0 Å². The number of carbonyl (C=O) groups excluding carboxylic acids is 2. The predicted octanol–water partition coefficient (Wildman–Crippen LogP) is 2.82. The van der Waals surface area contributed by atoms with Gasteiger partial charge in [-0.05, 0) is 12.1 Å². The molecule has 2 aromatic rings. The van der Waals surface area contributed by atoms with E-state index in [-0.39, 0.29) is 0 Å². The summed E-state index contributed by atoms with van der Waals surface area (Å²) in [5.41, 5.74) is 1.07. The third kappa shape index (κ3) is 4.59. The van der Waals surface area contributed by atoms with Gasteiger partial charge in [0, 0.05) is 5.56 Å². The van der Waals surface area contributed by atoms with Crippen LogP contribution in [0.2, 0.25) is 0 Å². The Morgan fingerprint density at radius 3 is 1.83 bits per heavy atom. The van der Waals surface area contributed by atoms with E-state index in [1.165, 1.54) is 0 Å². The summed E-state index contributed by atoms with van der Waals surface area (Å²) in [6, 6.07) is 17.4. The Morgan fingerprint density at radius 1 is 0.944 bits per heavy atom. The Morgan fingerprint density at radius 2 is 1.44 bits per heavy atom. The van der Waals surface area contributed by atoms with E-state index < -0.39 is 5.97 Å². The molecule has 0 fully saturated rings. The van der Waals surface area contributed by atoms with Crippen LogP contribution in [-0.4, -0.2) is 17.5 Å². The average molecular weight is 244 g/mol. The fraction of sp³-hybridized carbons (Fsp3) is 0. The summed E-state index contributed by atoms with van der Waals surface area (Å²) in [6.45, 7) is 0. The summed E-state index contributed by atoms with van der Waals surface area (Å²) in [4.78, 5) is 24.0. The van der Waals surface area contributed by atoms with Crippen LogP contribution in [0, 0.1) is 0 Å². The topological polar surface area (TPSA) is 63.6 Å². The molecule has 0 saturated carbocycles. The third-order valence-electron chi connectivity index (χ3n) is 2.03. The molecule has 0 bridgehead atoms. The molecule has 0 radical (unpaired) electrons. The van der Waals surface area contributed by atoms with Crippen LogP contribution in [0.1, 0.15) is 20.7 Å². The Kier molecular flexibility index (Phi) is 5.86. The molecule has 0 spiro atoms. The molecule has 0 atom stereocenters. The summed E-state index contributed by atoms with van der Waals surface area (Å²) >= 11 is 0. The van der Waals surface area contributed by atoms with Gasteiger partial charge < -0.3 is 0 Å². The fourth-order valence-corrected chi connectivity index (χ4v) is 1.16. The maximum absolute atomic E-state index is 10.5. The van der Waals surface area contributed by atoms with Crippen molar-refractivity contribution >= 4 is 12.3 Å². The third-order valence-corrected chi connectivity index (χ3v) is 2.03. The monoisotopic (exact) mass is 244 g/mol. The molecule has 92 valence electrons. The lowest BCUT2D eigenvalue weighted by Gasteiger charge is -1.92. The van der Waals surface area contributed by atoms with Crippen LogP contribution in [0.15, 0.2) is 60.7 Å². The van der Waals surface area contributed by atoms with Crippen LogP contribution in [-0.2, 0) is 4.89 Å². The van der Waals surface area contributed by atoms with E-state index >= 15 is 0 Å². The Balaban J connectivity index is 0.000000184. The van der Waals surface area contributed by atoms with Gasteiger partial charge in [0.15, 0.2) is 0 Å². The minimum Gasteiger partial charge on any atom is -0.298 e. The molecule has 0 aliphatic carbocycles. The second-order valence-corrected chi connectivity index (χ2v) is 3.27. The molecule has 2 rings (SSSR count). The van der Waals surface area contributed by atoms with E-state index in [2.05, 4.69) is 4.89 Å². The molecule has 2 aromatic carbocycles. The predicted molar refractivity (Wildman–Crippen MR) is 66.3 cm³/mol. The van der Waals surface area contributed by atoms with Crippen LogP contribution in [0.3, 0.4) is 0 Å². The zero-order chi connectivity index (χ0) is 13.2. The summed E-state index contributed by atoms with van der Waals surface area (Å²) in [7, 11) is 0. The van der Waals surface area contributed by atoms with Crippen LogP contribution in [0.5, 0.6) is 0 Å². The van der Waals surface area contributed by atoms with Gasteiger partial charge in [0.2, 0.25) is 0 Å². The largest absolute Gasteiger partial charge is 0.372 e. The second kappa shape index (κ2) is 7.76. The summed E-state index contributed by atoms with van der Waals surface area (Å²) in [5, 5.41) is 7.94. The number of hydrogen-bond donors (Lipinski definition) is 1. The van der Waals surface area contributed by atoms with Crippen LogP contribution >= 0.6 is 0 Å². The second-order valence-electron chi connectivity index (χ2n) is 3.27. The van der Waals surface area contributed by atoms with Gasteiger partial charge in [-0.1, -0.05) is 48.5 Å². The SMILES string of the molecule is O=C(OO)c1ccccc1.O=Cc1ccccc1. The first-order chi connectivity index (χ1) is 8.77. The Hall–Kier alpha value is -2.46. The standard InChI is InChI=1S/C7H6O3.C7H6O/c8-7(10-9)6-4-2-1-3-5-6;8-6-7-4-2-1-3-5-7/h1-5,9H;1-6H. The van der Waals surface area contributed by atoms with Crippen molar-refractivity contribution in [3.05, 3.63) is 71.8 Å². The van der Waals surface area contributed by atoms with Gasteiger partial charge in [-0.15, -0.1) is 0 Å². The van der Waals surface area contributed by atoms with Crippen molar-refractivity contribution in [2.24, 2.45) is 0 Å². The van der Waals surface area contributed by atoms with E-state index in [9.17, 15) is 9.59 Å². The Bertz CT molecular complexity index is 480. The lowest BCUT2D eigenvalue weighted by atomic mass is 10.2. The lowest BCUT2D eigenvalue weighted by molar-refractivity contribution is -0.182. The number of benzene rings is 2. The minimum absolute atomic E-state index is 0.338. The fourth-order valence-electron chi connectivity index (χ4n) is 1.16. The first kappa shape index (κ1) is 13.6.